The van der Waals surface area contributed by atoms with Gasteiger partial charge in [0.25, 0.3) is 0 Å². The first-order valence-corrected chi connectivity index (χ1v) is 6.92. The van der Waals surface area contributed by atoms with Crippen molar-refractivity contribution < 1.29 is 9.59 Å². The molecular weight excluding hydrogens is 331 g/mol. The molecule has 114 valence electrons. The minimum absolute atomic E-state index is 0.0674. The normalized spacial score (nSPS) is 20.7. The van der Waals surface area contributed by atoms with Crippen LogP contribution in [0.15, 0.2) is 40.3 Å². The van der Waals surface area contributed by atoms with Gasteiger partial charge in [0.05, 0.1) is 0 Å². The number of carbonyl (C=O) groups excluding carboxylic acids is 2. The number of nitrogens with two attached hydrogens (primary N) is 1. The van der Waals surface area contributed by atoms with Crippen molar-refractivity contribution in [1.82, 2.24) is 15.2 Å². The number of nitrogens with zero attached hydrogens (tertiary/aromatic N) is 4. The van der Waals surface area contributed by atoms with E-state index in [1.165, 1.54) is 0 Å². The summed E-state index contributed by atoms with van der Waals surface area (Å²) in [5.74, 6) is 5.67. The topological polar surface area (TPSA) is 103 Å². The van der Waals surface area contributed by atoms with Crippen molar-refractivity contribution in [3.8, 4) is 0 Å². The Hall–Kier alpha value is -2.16. The number of benzene rings is 1. The number of amidine groups is 1. The summed E-state index contributed by atoms with van der Waals surface area (Å²) in [7, 11) is 0. The summed E-state index contributed by atoms with van der Waals surface area (Å²) < 4.78 is -1.84. The Morgan fingerprint density at radius 3 is 2.45 bits per heavy atom. The number of hydrazine groups is 1. The maximum absolute atomic E-state index is 11.8. The highest BCUT2D eigenvalue weighted by molar-refractivity contribution is 6.49. The predicted molar refractivity (Wildman–Crippen MR) is 81.1 cm³/mol. The van der Waals surface area contributed by atoms with Gasteiger partial charge in [-0.05, 0) is 23.2 Å². The van der Waals surface area contributed by atoms with E-state index in [-0.39, 0.29) is 18.3 Å². The largest absolute Gasteiger partial charge is 0.331 e. The van der Waals surface area contributed by atoms with E-state index in [4.69, 9.17) is 29.0 Å². The molecule has 22 heavy (non-hydrogen) atoms. The third kappa shape index (κ3) is 2.63. The zero-order valence-corrected chi connectivity index (χ0v) is 12.5. The molecule has 2 aliphatic rings. The molecular formula is C12H10Cl2N6O2. The van der Waals surface area contributed by atoms with Crippen LogP contribution in [0.25, 0.3) is 0 Å². The number of amides is 3. The number of rotatable bonds is 1. The first-order chi connectivity index (χ1) is 10.4. The van der Waals surface area contributed by atoms with Gasteiger partial charge in [-0.1, -0.05) is 30.3 Å². The Kier molecular flexibility index (Phi) is 3.51. The average Bonchev–Trinajstić information content (AvgIpc) is 2.81. The van der Waals surface area contributed by atoms with E-state index >= 15 is 0 Å². The molecule has 0 saturated carbocycles. The lowest BCUT2D eigenvalue weighted by atomic mass is 10.2. The van der Waals surface area contributed by atoms with Gasteiger partial charge in [-0.15, -0.1) is 0 Å². The number of imide groups is 1. The number of halogens is 2. The highest BCUT2D eigenvalue weighted by Crippen LogP contribution is 2.30. The number of hydrogen-bond acceptors (Lipinski definition) is 6. The molecule has 10 heteroatoms. The monoisotopic (exact) mass is 340 g/mol. The molecule has 3 rings (SSSR count). The summed E-state index contributed by atoms with van der Waals surface area (Å²) in [6.07, 6.45) is 0. The summed E-state index contributed by atoms with van der Waals surface area (Å²) in [4.78, 5) is 32.1. The van der Waals surface area contributed by atoms with E-state index in [2.05, 4.69) is 15.3 Å². The fourth-order valence-electron chi connectivity index (χ4n) is 2.06. The molecule has 1 aromatic carbocycles. The van der Waals surface area contributed by atoms with E-state index in [0.717, 1.165) is 9.91 Å². The Bertz CT molecular complexity index is 703. The molecule has 0 radical (unpaired) electrons. The number of nitrogens with one attached hydrogen (secondary N) is 1. The van der Waals surface area contributed by atoms with Crippen LogP contribution in [0.2, 0.25) is 0 Å². The van der Waals surface area contributed by atoms with Gasteiger partial charge in [-0.2, -0.15) is 4.99 Å². The summed E-state index contributed by atoms with van der Waals surface area (Å²) in [6.45, 7) is -0.225. The maximum Gasteiger partial charge on any atom is 0.331 e. The minimum Gasteiger partial charge on any atom is -0.276 e. The van der Waals surface area contributed by atoms with Crippen molar-refractivity contribution in [2.75, 3.05) is 6.54 Å². The first-order valence-electron chi connectivity index (χ1n) is 6.16. The fraction of sp³-hybridized carbons (Fsp3) is 0.167. The second-order valence-corrected chi connectivity index (χ2v) is 5.78. The van der Waals surface area contributed by atoms with Gasteiger partial charge >= 0.3 is 10.6 Å². The van der Waals surface area contributed by atoms with Gasteiger partial charge < -0.3 is 0 Å². The highest BCUT2D eigenvalue weighted by atomic mass is 35.5. The maximum atomic E-state index is 11.8. The molecule has 1 fully saturated rings. The molecule has 0 spiro atoms. The van der Waals surface area contributed by atoms with Gasteiger partial charge in [0.15, 0.2) is 5.84 Å². The van der Waals surface area contributed by atoms with Crippen LogP contribution >= 0.6 is 23.2 Å². The van der Waals surface area contributed by atoms with Crippen molar-refractivity contribution in [1.29, 1.82) is 0 Å². The summed E-state index contributed by atoms with van der Waals surface area (Å²) in [5, 5.41) is 3.19. The van der Waals surface area contributed by atoms with Gasteiger partial charge in [0.1, 0.15) is 6.54 Å². The first kappa shape index (κ1) is 14.8. The van der Waals surface area contributed by atoms with E-state index in [0.29, 0.717) is 5.56 Å². The Balaban J connectivity index is 2.01. The predicted octanol–water partition coefficient (Wildman–Crippen LogP) is 0.619. The molecule has 1 aromatic rings. The molecule has 0 aromatic heterocycles. The molecule has 0 aliphatic carbocycles. The Morgan fingerprint density at radius 2 is 1.86 bits per heavy atom. The third-order valence-electron chi connectivity index (χ3n) is 2.99. The molecule has 0 bridgehead atoms. The molecule has 1 saturated heterocycles. The van der Waals surface area contributed by atoms with Crippen molar-refractivity contribution in [3.05, 3.63) is 35.9 Å². The van der Waals surface area contributed by atoms with Crippen molar-refractivity contribution >= 4 is 46.9 Å². The average molecular weight is 341 g/mol. The van der Waals surface area contributed by atoms with Crippen LogP contribution in [0.4, 0.5) is 4.79 Å². The summed E-state index contributed by atoms with van der Waals surface area (Å²) in [6, 6.07) is 8.24. The number of carbonyl (C=O) groups is 2. The summed E-state index contributed by atoms with van der Waals surface area (Å²) in [5.41, 5.74) is 0.633. The van der Waals surface area contributed by atoms with Crippen molar-refractivity contribution in [2.45, 2.75) is 4.58 Å². The summed E-state index contributed by atoms with van der Waals surface area (Å²) >= 11 is 12.0. The smallest absolute Gasteiger partial charge is 0.276 e. The van der Waals surface area contributed by atoms with Crippen LogP contribution in [-0.4, -0.2) is 44.8 Å². The molecule has 8 nitrogen and oxygen atoms in total. The standard InChI is InChI=1S/C12H10Cl2N6O2/c13-12(14)17-9(7-4-2-1-3-5-7)20(15)10(18-12)19-6-8(21)16-11(19)22/h1-5H,6,15H2,(H,16,21,22). The molecule has 2 aliphatic heterocycles. The van der Waals surface area contributed by atoms with Gasteiger partial charge in [-0.25, -0.2) is 20.6 Å². The fourth-order valence-corrected chi connectivity index (χ4v) is 2.37. The minimum atomic E-state index is -1.84. The lowest BCUT2D eigenvalue weighted by Crippen LogP contribution is -2.55. The molecule has 0 atom stereocenters. The zero-order chi connectivity index (χ0) is 15.9. The zero-order valence-electron chi connectivity index (χ0n) is 11.0. The number of guanidine groups is 1. The second-order valence-electron chi connectivity index (χ2n) is 4.53. The van der Waals surface area contributed by atoms with E-state index in [1.54, 1.807) is 24.3 Å². The highest BCUT2D eigenvalue weighted by Gasteiger charge is 2.40. The van der Waals surface area contributed by atoms with Crippen LogP contribution in [0, 0.1) is 0 Å². The third-order valence-corrected chi connectivity index (χ3v) is 3.32. The quantitative estimate of drug-likeness (QED) is 0.338. The Labute approximate surface area is 135 Å². The van der Waals surface area contributed by atoms with Gasteiger partial charge in [0.2, 0.25) is 11.9 Å². The lowest BCUT2D eigenvalue weighted by molar-refractivity contribution is -0.118. The number of alkyl halides is 2. The van der Waals surface area contributed by atoms with E-state index in [1.807, 2.05) is 6.07 Å². The van der Waals surface area contributed by atoms with Crippen LogP contribution in [-0.2, 0) is 4.79 Å². The van der Waals surface area contributed by atoms with Gasteiger partial charge in [0, 0.05) is 5.56 Å². The van der Waals surface area contributed by atoms with Crippen LogP contribution < -0.4 is 11.2 Å². The van der Waals surface area contributed by atoms with E-state index in [9.17, 15) is 9.59 Å². The van der Waals surface area contributed by atoms with Gasteiger partial charge in [-0.3, -0.25) is 15.0 Å². The molecule has 0 unspecified atom stereocenters. The number of urea groups is 1. The Morgan fingerprint density at radius 1 is 1.18 bits per heavy atom. The van der Waals surface area contributed by atoms with Crippen LogP contribution in [0.1, 0.15) is 5.56 Å². The SMILES string of the molecule is NN1C(c2ccccc2)=NC(Cl)(Cl)N=C1N1CC(=O)NC1=O. The van der Waals surface area contributed by atoms with E-state index < -0.39 is 16.5 Å². The van der Waals surface area contributed by atoms with Crippen LogP contribution in [0.5, 0.6) is 0 Å². The lowest BCUT2D eigenvalue weighted by Gasteiger charge is -2.32. The van der Waals surface area contributed by atoms with Crippen LogP contribution in [0.3, 0.4) is 0 Å². The number of hydrogen-bond donors (Lipinski definition) is 2. The molecule has 2 heterocycles. The second kappa shape index (κ2) is 5.24. The van der Waals surface area contributed by atoms with Crippen molar-refractivity contribution in [3.63, 3.8) is 0 Å². The van der Waals surface area contributed by atoms with Crippen molar-refractivity contribution in [2.24, 2.45) is 15.8 Å². The number of aliphatic imine (C=N–C) groups is 2. The molecule has 3 amide bonds. The molecule has 3 N–H and O–H groups in total.